The number of hydrogen-bond donors (Lipinski definition) is 2. The third-order valence-corrected chi connectivity index (χ3v) is 5.04. The van der Waals surface area contributed by atoms with Gasteiger partial charge in [-0.05, 0) is 12.1 Å². The molecule has 2 N–H and O–H groups in total. The van der Waals surface area contributed by atoms with Crippen LogP contribution in [0.4, 0.5) is 23.3 Å². The van der Waals surface area contributed by atoms with Crippen LogP contribution in [-0.2, 0) is 4.74 Å². The van der Waals surface area contributed by atoms with Crippen LogP contribution in [0.1, 0.15) is 5.56 Å². The van der Waals surface area contributed by atoms with E-state index >= 15 is 0 Å². The quantitative estimate of drug-likeness (QED) is 0.301. The summed E-state index contributed by atoms with van der Waals surface area (Å²) in [7, 11) is 0. The van der Waals surface area contributed by atoms with E-state index in [0.717, 1.165) is 24.5 Å². The van der Waals surface area contributed by atoms with E-state index in [1.807, 2.05) is 24.3 Å². The first-order valence-electron chi connectivity index (χ1n) is 10.4. The second kappa shape index (κ2) is 10.3. The Morgan fingerprint density at radius 3 is 2.64 bits per heavy atom. The molecule has 3 aromatic rings. The van der Waals surface area contributed by atoms with Crippen LogP contribution in [0.5, 0.6) is 0 Å². The standard InChI is InChI=1S/C22H22N8O3/c23-14-16-3-1-2-4-18(16)19-13-21(29-9-11-33-12-10-29)28-22(27-19)25-8-7-24-20-6-5-17(15-26-20)30(31)32/h1-6,13,15H,7-12H2,(H,24,26)(H,25,27,28). The molecular weight excluding hydrogens is 424 g/mol. The number of aromatic nitrogens is 3. The molecule has 11 nitrogen and oxygen atoms in total. The molecule has 0 unspecified atom stereocenters. The normalized spacial score (nSPS) is 13.2. The first-order chi connectivity index (χ1) is 16.1. The van der Waals surface area contributed by atoms with Crippen molar-refractivity contribution in [3.63, 3.8) is 0 Å². The number of nitriles is 1. The molecule has 0 aliphatic carbocycles. The summed E-state index contributed by atoms with van der Waals surface area (Å²) in [5.74, 6) is 1.75. The topological polar surface area (TPSA) is 142 Å². The summed E-state index contributed by atoms with van der Waals surface area (Å²) in [4.78, 5) is 25.7. The fourth-order valence-corrected chi connectivity index (χ4v) is 3.37. The minimum atomic E-state index is -0.487. The highest BCUT2D eigenvalue weighted by atomic mass is 16.6. The Kier molecular flexibility index (Phi) is 6.87. The summed E-state index contributed by atoms with van der Waals surface area (Å²) in [6.07, 6.45) is 1.21. The van der Waals surface area contributed by atoms with Gasteiger partial charge in [0.05, 0.1) is 35.5 Å². The van der Waals surface area contributed by atoms with Crippen LogP contribution < -0.4 is 15.5 Å². The second-order valence-electron chi connectivity index (χ2n) is 7.20. The van der Waals surface area contributed by atoms with Gasteiger partial charge in [-0.3, -0.25) is 10.1 Å². The van der Waals surface area contributed by atoms with Crippen LogP contribution in [0.25, 0.3) is 11.3 Å². The van der Waals surface area contributed by atoms with Crippen LogP contribution >= 0.6 is 0 Å². The van der Waals surface area contributed by atoms with E-state index in [-0.39, 0.29) is 5.69 Å². The fourth-order valence-electron chi connectivity index (χ4n) is 3.37. The molecule has 0 spiro atoms. The second-order valence-corrected chi connectivity index (χ2v) is 7.20. The SMILES string of the molecule is N#Cc1ccccc1-c1cc(N2CCOCC2)nc(NCCNc2ccc([N+](=O)[O-])cn2)n1. The third-order valence-electron chi connectivity index (χ3n) is 5.04. The number of nitrogens with one attached hydrogen (secondary N) is 2. The zero-order valence-corrected chi connectivity index (χ0v) is 17.8. The van der Waals surface area contributed by atoms with Gasteiger partial charge in [-0.15, -0.1) is 0 Å². The number of ether oxygens (including phenoxy) is 1. The van der Waals surface area contributed by atoms with Gasteiger partial charge in [0, 0.05) is 43.9 Å². The molecule has 33 heavy (non-hydrogen) atoms. The number of anilines is 3. The minimum Gasteiger partial charge on any atom is -0.378 e. The Morgan fingerprint density at radius 2 is 1.91 bits per heavy atom. The van der Waals surface area contributed by atoms with Crippen molar-refractivity contribution < 1.29 is 9.66 Å². The first-order valence-corrected chi connectivity index (χ1v) is 10.4. The lowest BCUT2D eigenvalue weighted by atomic mass is 10.1. The van der Waals surface area contributed by atoms with Gasteiger partial charge in [-0.2, -0.15) is 10.2 Å². The van der Waals surface area contributed by atoms with Gasteiger partial charge in [0.1, 0.15) is 17.8 Å². The predicted molar refractivity (Wildman–Crippen MR) is 123 cm³/mol. The number of rotatable bonds is 8. The molecule has 0 radical (unpaired) electrons. The van der Waals surface area contributed by atoms with Crippen molar-refractivity contribution in [1.29, 1.82) is 5.26 Å². The molecule has 0 amide bonds. The van der Waals surface area contributed by atoms with Crippen LogP contribution in [-0.4, -0.2) is 59.3 Å². The highest BCUT2D eigenvalue weighted by molar-refractivity contribution is 5.70. The van der Waals surface area contributed by atoms with Gasteiger partial charge in [-0.1, -0.05) is 18.2 Å². The number of morpholine rings is 1. The summed E-state index contributed by atoms with van der Waals surface area (Å²) in [5.41, 5.74) is 1.89. The van der Waals surface area contributed by atoms with Gasteiger partial charge in [0.25, 0.3) is 5.69 Å². The molecule has 0 bridgehead atoms. The van der Waals surface area contributed by atoms with E-state index in [9.17, 15) is 15.4 Å². The smallest absolute Gasteiger partial charge is 0.287 e. The average Bonchev–Trinajstić information content (AvgIpc) is 2.87. The van der Waals surface area contributed by atoms with Gasteiger partial charge < -0.3 is 20.3 Å². The lowest BCUT2D eigenvalue weighted by Gasteiger charge is -2.28. The van der Waals surface area contributed by atoms with Crippen LogP contribution in [0.3, 0.4) is 0 Å². The lowest BCUT2D eigenvalue weighted by Crippen LogP contribution is -2.37. The number of pyridine rings is 1. The van der Waals surface area contributed by atoms with Crippen molar-refractivity contribution in [2.24, 2.45) is 0 Å². The molecule has 0 atom stereocenters. The largest absolute Gasteiger partial charge is 0.378 e. The van der Waals surface area contributed by atoms with Crippen molar-refractivity contribution in [3.8, 4) is 17.3 Å². The third kappa shape index (κ3) is 5.50. The Balaban J connectivity index is 1.49. The van der Waals surface area contributed by atoms with E-state index in [1.54, 1.807) is 12.1 Å². The summed E-state index contributed by atoms with van der Waals surface area (Å²) in [6, 6.07) is 14.4. The molecule has 1 aliphatic heterocycles. The molecule has 1 aliphatic rings. The van der Waals surface area contributed by atoms with E-state index in [4.69, 9.17) is 4.74 Å². The first kappa shape index (κ1) is 21.9. The Labute approximate surface area is 190 Å². The van der Waals surface area contributed by atoms with Gasteiger partial charge in [0.2, 0.25) is 5.95 Å². The summed E-state index contributed by atoms with van der Waals surface area (Å²) >= 11 is 0. The van der Waals surface area contributed by atoms with Gasteiger partial charge in [0.15, 0.2) is 0 Å². The average molecular weight is 446 g/mol. The minimum absolute atomic E-state index is 0.0582. The Bertz CT molecular complexity index is 1160. The van der Waals surface area contributed by atoms with Crippen molar-refractivity contribution >= 4 is 23.3 Å². The fraction of sp³-hybridized carbons (Fsp3) is 0.273. The van der Waals surface area contributed by atoms with E-state index in [1.165, 1.54) is 12.3 Å². The zero-order chi connectivity index (χ0) is 23.0. The highest BCUT2D eigenvalue weighted by Gasteiger charge is 2.17. The van der Waals surface area contributed by atoms with Crippen molar-refractivity contribution in [3.05, 3.63) is 64.3 Å². The molecule has 11 heteroatoms. The molecule has 2 aromatic heterocycles. The van der Waals surface area contributed by atoms with Crippen molar-refractivity contribution in [2.75, 3.05) is 54.9 Å². The van der Waals surface area contributed by atoms with E-state index in [0.29, 0.717) is 49.3 Å². The monoisotopic (exact) mass is 446 g/mol. The Hall–Kier alpha value is -4.30. The van der Waals surface area contributed by atoms with E-state index in [2.05, 4.69) is 36.6 Å². The van der Waals surface area contributed by atoms with E-state index < -0.39 is 4.92 Å². The van der Waals surface area contributed by atoms with Crippen molar-refractivity contribution in [2.45, 2.75) is 0 Å². The summed E-state index contributed by atoms with van der Waals surface area (Å²) in [5, 5.41) is 26.6. The summed E-state index contributed by atoms with van der Waals surface area (Å²) < 4.78 is 5.45. The maximum Gasteiger partial charge on any atom is 0.287 e. The molecule has 1 fully saturated rings. The maximum absolute atomic E-state index is 10.7. The lowest BCUT2D eigenvalue weighted by molar-refractivity contribution is -0.385. The maximum atomic E-state index is 10.7. The molecule has 168 valence electrons. The number of hydrogen-bond acceptors (Lipinski definition) is 10. The molecule has 1 aromatic carbocycles. The van der Waals surface area contributed by atoms with Crippen LogP contribution in [0, 0.1) is 21.4 Å². The zero-order valence-electron chi connectivity index (χ0n) is 17.8. The van der Waals surface area contributed by atoms with Crippen molar-refractivity contribution in [1.82, 2.24) is 15.0 Å². The van der Waals surface area contributed by atoms with Gasteiger partial charge in [-0.25, -0.2) is 9.97 Å². The van der Waals surface area contributed by atoms with Crippen LogP contribution in [0.15, 0.2) is 48.7 Å². The Morgan fingerprint density at radius 1 is 1.12 bits per heavy atom. The van der Waals surface area contributed by atoms with Gasteiger partial charge >= 0.3 is 0 Å². The highest BCUT2D eigenvalue weighted by Crippen LogP contribution is 2.26. The number of nitro groups is 1. The summed E-state index contributed by atoms with van der Waals surface area (Å²) in [6.45, 7) is 3.70. The number of nitrogens with zero attached hydrogens (tertiary/aromatic N) is 6. The molecule has 1 saturated heterocycles. The number of benzene rings is 1. The molecule has 3 heterocycles. The molecular formula is C22H22N8O3. The predicted octanol–water partition coefficient (Wildman–Crippen LogP) is 2.68. The molecule has 4 rings (SSSR count). The molecule has 0 saturated carbocycles. The van der Waals surface area contributed by atoms with Crippen LogP contribution in [0.2, 0.25) is 0 Å².